The van der Waals surface area contributed by atoms with Crippen molar-refractivity contribution in [3.8, 4) is 21.7 Å². The molecular formula is C16H17N3S. The molecule has 0 spiro atoms. The minimum absolute atomic E-state index is 0.551. The summed E-state index contributed by atoms with van der Waals surface area (Å²) in [4.78, 5) is 2.55. The van der Waals surface area contributed by atoms with Crippen molar-refractivity contribution < 1.29 is 0 Å². The summed E-state index contributed by atoms with van der Waals surface area (Å²) < 4.78 is 0. The van der Waals surface area contributed by atoms with E-state index in [1.54, 1.807) is 11.3 Å². The van der Waals surface area contributed by atoms with E-state index in [1.807, 2.05) is 0 Å². The number of anilines is 1. The molecule has 0 radical (unpaired) electrons. The number of hydrogen-bond acceptors (Lipinski definition) is 3. The summed E-state index contributed by atoms with van der Waals surface area (Å²) in [6.07, 6.45) is 1.05. The normalized spacial score (nSPS) is 10.9. The van der Waals surface area contributed by atoms with Gasteiger partial charge in [-0.3, -0.25) is 5.10 Å². The monoisotopic (exact) mass is 283 g/mol. The highest BCUT2D eigenvalue weighted by Gasteiger charge is 2.16. The lowest BCUT2D eigenvalue weighted by molar-refractivity contribution is 1.11. The summed E-state index contributed by atoms with van der Waals surface area (Å²) in [6.45, 7) is 4.24. The van der Waals surface area contributed by atoms with E-state index in [1.165, 1.54) is 15.3 Å². The quantitative estimate of drug-likeness (QED) is 0.754. The Morgan fingerprint density at radius 1 is 1.15 bits per heavy atom. The van der Waals surface area contributed by atoms with Crippen molar-refractivity contribution in [3.05, 3.63) is 46.8 Å². The van der Waals surface area contributed by atoms with Gasteiger partial charge in [-0.1, -0.05) is 36.8 Å². The van der Waals surface area contributed by atoms with E-state index in [9.17, 15) is 0 Å². The van der Waals surface area contributed by atoms with Gasteiger partial charge in [0.15, 0.2) is 5.82 Å². The highest BCUT2D eigenvalue weighted by Crippen LogP contribution is 2.37. The molecule has 3 aromatic rings. The number of nitrogens with two attached hydrogens (primary N) is 1. The highest BCUT2D eigenvalue weighted by atomic mass is 32.1. The van der Waals surface area contributed by atoms with Gasteiger partial charge in [-0.15, -0.1) is 11.3 Å². The molecule has 0 unspecified atom stereocenters. The fourth-order valence-corrected chi connectivity index (χ4v) is 3.20. The van der Waals surface area contributed by atoms with Crippen molar-refractivity contribution in [1.29, 1.82) is 0 Å². The number of aromatic nitrogens is 2. The first-order valence-electron chi connectivity index (χ1n) is 6.69. The lowest BCUT2D eigenvalue weighted by Gasteiger charge is -2.03. The van der Waals surface area contributed by atoms with Gasteiger partial charge in [0.25, 0.3) is 0 Å². The summed E-state index contributed by atoms with van der Waals surface area (Å²) in [6, 6.07) is 12.7. The zero-order valence-electron chi connectivity index (χ0n) is 11.6. The Balaban J connectivity index is 2.11. The summed E-state index contributed by atoms with van der Waals surface area (Å²) in [5.74, 6) is 0.551. The van der Waals surface area contributed by atoms with Gasteiger partial charge in [0, 0.05) is 4.88 Å². The largest absolute Gasteiger partial charge is 0.382 e. The summed E-state index contributed by atoms with van der Waals surface area (Å²) in [7, 11) is 0. The number of nitrogens with one attached hydrogen (secondary N) is 1. The Morgan fingerprint density at radius 3 is 2.55 bits per heavy atom. The van der Waals surface area contributed by atoms with Gasteiger partial charge in [0.05, 0.1) is 16.1 Å². The van der Waals surface area contributed by atoms with Crippen LogP contribution in [-0.4, -0.2) is 10.2 Å². The van der Waals surface area contributed by atoms with Crippen LogP contribution in [0.25, 0.3) is 21.7 Å². The average Bonchev–Trinajstić information content (AvgIpc) is 3.06. The van der Waals surface area contributed by atoms with Crippen LogP contribution in [0.5, 0.6) is 0 Å². The predicted molar refractivity (Wildman–Crippen MR) is 85.9 cm³/mol. The lowest BCUT2D eigenvalue weighted by Crippen LogP contribution is -1.88. The molecule has 4 heteroatoms. The van der Waals surface area contributed by atoms with E-state index in [-0.39, 0.29) is 0 Å². The molecule has 0 aliphatic rings. The SMILES string of the molecule is CCc1ccc(-c2[nH]nc(N)c2-c2ccc(C)cc2)s1. The first-order valence-corrected chi connectivity index (χ1v) is 7.50. The number of rotatable bonds is 3. The Labute approximate surface area is 122 Å². The molecule has 0 saturated heterocycles. The van der Waals surface area contributed by atoms with Gasteiger partial charge in [-0.25, -0.2) is 0 Å². The van der Waals surface area contributed by atoms with E-state index < -0.39 is 0 Å². The van der Waals surface area contributed by atoms with Crippen LogP contribution in [0.2, 0.25) is 0 Å². The fourth-order valence-electron chi connectivity index (χ4n) is 2.25. The Hall–Kier alpha value is -2.07. The van der Waals surface area contributed by atoms with E-state index in [0.29, 0.717) is 5.82 Å². The first-order chi connectivity index (χ1) is 9.69. The van der Waals surface area contributed by atoms with Crippen molar-refractivity contribution in [3.63, 3.8) is 0 Å². The van der Waals surface area contributed by atoms with Gasteiger partial charge in [0.1, 0.15) is 0 Å². The fraction of sp³-hybridized carbons (Fsp3) is 0.188. The standard InChI is InChI=1S/C16H17N3S/c1-3-12-8-9-13(20-12)15-14(16(17)19-18-15)11-6-4-10(2)5-7-11/h4-9H,3H2,1-2H3,(H3,17,18,19). The number of hydrogen-bond donors (Lipinski definition) is 2. The van der Waals surface area contributed by atoms with Crippen LogP contribution < -0.4 is 5.73 Å². The second kappa shape index (κ2) is 5.13. The first kappa shape index (κ1) is 12.9. The van der Waals surface area contributed by atoms with Gasteiger partial charge in [0.2, 0.25) is 0 Å². The molecule has 1 aromatic carbocycles. The van der Waals surface area contributed by atoms with Crippen LogP contribution in [0.3, 0.4) is 0 Å². The molecule has 0 atom stereocenters. The van der Waals surface area contributed by atoms with Crippen LogP contribution in [-0.2, 0) is 6.42 Å². The molecular weight excluding hydrogens is 266 g/mol. The van der Waals surface area contributed by atoms with Gasteiger partial charge < -0.3 is 5.73 Å². The van der Waals surface area contributed by atoms with Crippen molar-refractivity contribution in [2.24, 2.45) is 0 Å². The molecule has 0 aliphatic heterocycles. The number of benzene rings is 1. The second-order valence-electron chi connectivity index (χ2n) is 4.84. The summed E-state index contributed by atoms with van der Waals surface area (Å²) >= 11 is 1.78. The average molecular weight is 283 g/mol. The van der Waals surface area contributed by atoms with Crippen LogP contribution >= 0.6 is 11.3 Å². The third kappa shape index (κ3) is 2.23. The molecule has 3 nitrogen and oxygen atoms in total. The molecule has 2 heterocycles. The molecule has 0 aliphatic carbocycles. The smallest absolute Gasteiger partial charge is 0.153 e. The molecule has 0 fully saturated rings. The molecule has 3 rings (SSSR count). The molecule has 3 N–H and O–H groups in total. The Kier molecular flexibility index (Phi) is 3.32. The molecule has 20 heavy (non-hydrogen) atoms. The van der Waals surface area contributed by atoms with E-state index >= 15 is 0 Å². The van der Waals surface area contributed by atoms with Crippen LogP contribution in [0.15, 0.2) is 36.4 Å². The van der Waals surface area contributed by atoms with Crippen molar-refractivity contribution in [2.45, 2.75) is 20.3 Å². The van der Waals surface area contributed by atoms with Crippen molar-refractivity contribution >= 4 is 17.2 Å². The Bertz CT molecular complexity index is 723. The zero-order chi connectivity index (χ0) is 14.1. The van der Waals surface area contributed by atoms with Gasteiger partial charge in [-0.2, -0.15) is 5.10 Å². The summed E-state index contributed by atoms with van der Waals surface area (Å²) in [5, 5.41) is 7.26. The third-order valence-electron chi connectivity index (χ3n) is 3.39. The van der Waals surface area contributed by atoms with Crippen LogP contribution in [0.4, 0.5) is 5.82 Å². The number of aryl methyl sites for hydroxylation is 2. The van der Waals surface area contributed by atoms with Crippen molar-refractivity contribution in [2.75, 3.05) is 5.73 Å². The van der Waals surface area contributed by atoms with Crippen molar-refractivity contribution in [1.82, 2.24) is 10.2 Å². The summed E-state index contributed by atoms with van der Waals surface area (Å²) in [5.41, 5.74) is 10.4. The maximum Gasteiger partial charge on any atom is 0.153 e. The molecule has 0 amide bonds. The molecule has 2 aromatic heterocycles. The number of H-pyrrole nitrogens is 1. The molecule has 102 valence electrons. The maximum atomic E-state index is 6.05. The van der Waals surface area contributed by atoms with Crippen LogP contribution in [0, 0.1) is 6.92 Å². The number of aromatic amines is 1. The maximum absolute atomic E-state index is 6.05. The molecule has 0 saturated carbocycles. The third-order valence-corrected chi connectivity index (χ3v) is 4.64. The number of thiophene rings is 1. The van der Waals surface area contributed by atoms with E-state index in [4.69, 9.17) is 5.73 Å². The van der Waals surface area contributed by atoms with Crippen LogP contribution in [0.1, 0.15) is 17.4 Å². The topological polar surface area (TPSA) is 54.7 Å². The van der Waals surface area contributed by atoms with Gasteiger partial charge >= 0.3 is 0 Å². The minimum atomic E-state index is 0.551. The number of nitrogen functional groups attached to an aromatic ring is 1. The second-order valence-corrected chi connectivity index (χ2v) is 6.01. The van der Waals surface area contributed by atoms with E-state index in [0.717, 1.165) is 23.2 Å². The minimum Gasteiger partial charge on any atom is -0.382 e. The predicted octanol–water partition coefficient (Wildman–Crippen LogP) is 4.26. The number of nitrogens with zero attached hydrogens (tertiary/aromatic N) is 1. The lowest BCUT2D eigenvalue weighted by atomic mass is 10.0. The highest BCUT2D eigenvalue weighted by molar-refractivity contribution is 7.15. The zero-order valence-corrected chi connectivity index (χ0v) is 12.4. The molecule has 0 bridgehead atoms. The Morgan fingerprint density at radius 2 is 1.90 bits per heavy atom. The van der Waals surface area contributed by atoms with Gasteiger partial charge in [-0.05, 0) is 31.0 Å². The van der Waals surface area contributed by atoms with E-state index in [2.05, 4.69) is 60.4 Å².